The van der Waals surface area contributed by atoms with E-state index in [1.165, 1.54) is 9.60 Å². The van der Waals surface area contributed by atoms with Crippen LogP contribution < -0.4 is 4.90 Å². The zero-order valence-corrected chi connectivity index (χ0v) is 12.4. The van der Waals surface area contributed by atoms with E-state index in [1.54, 1.807) is 11.3 Å². The Morgan fingerprint density at radius 3 is 2.89 bits per heavy atom. The van der Waals surface area contributed by atoms with E-state index in [2.05, 4.69) is 18.1 Å². The Morgan fingerprint density at radius 2 is 2.21 bits per heavy atom. The number of para-hydroxylation sites is 1. The van der Waals surface area contributed by atoms with Crippen LogP contribution in [0.15, 0.2) is 24.3 Å². The third-order valence-corrected chi connectivity index (χ3v) is 6.50. The average Bonchev–Trinajstić information content (AvgIpc) is 2.91. The van der Waals surface area contributed by atoms with Gasteiger partial charge in [0.25, 0.3) is 0 Å². The van der Waals surface area contributed by atoms with Gasteiger partial charge in [-0.25, -0.2) is 13.4 Å². The second-order valence-electron chi connectivity index (χ2n) is 5.20. The number of quaternary nitrogens is 1. The second kappa shape index (κ2) is 4.85. The molecule has 1 aliphatic heterocycles. The van der Waals surface area contributed by atoms with E-state index in [-0.39, 0.29) is 6.04 Å². The van der Waals surface area contributed by atoms with Gasteiger partial charge in [-0.2, -0.15) is 0 Å². The Hall–Kier alpha value is -0.980. The summed E-state index contributed by atoms with van der Waals surface area (Å²) in [4.78, 5) is 5.86. The van der Waals surface area contributed by atoms with Gasteiger partial charge < -0.3 is 4.90 Å². The summed E-state index contributed by atoms with van der Waals surface area (Å²) in [6, 6.07) is 8.32. The van der Waals surface area contributed by atoms with Crippen LogP contribution in [0.1, 0.15) is 11.4 Å². The SMILES string of the molecule is C[NH+](Cc1nc2ccccc2s1)[C@@H]1CCS(=O)(=O)C1. The molecule has 1 saturated heterocycles. The minimum atomic E-state index is -2.80. The normalized spacial score (nSPS) is 23.7. The van der Waals surface area contributed by atoms with Crippen molar-refractivity contribution in [2.24, 2.45) is 0 Å². The number of rotatable bonds is 3. The summed E-state index contributed by atoms with van der Waals surface area (Å²) in [5.74, 6) is 0.665. The van der Waals surface area contributed by atoms with E-state index in [0.29, 0.717) is 11.5 Å². The van der Waals surface area contributed by atoms with Crippen LogP contribution in [0.4, 0.5) is 0 Å². The predicted octanol–water partition coefficient (Wildman–Crippen LogP) is 0.498. The topological polar surface area (TPSA) is 51.5 Å². The monoisotopic (exact) mass is 297 g/mol. The largest absolute Gasteiger partial charge is 0.328 e. The molecular formula is C13H17N2O2S2+. The van der Waals surface area contributed by atoms with Crippen molar-refractivity contribution < 1.29 is 13.3 Å². The van der Waals surface area contributed by atoms with Crippen molar-refractivity contribution in [2.75, 3.05) is 18.6 Å². The average molecular weight is 297 g/mol. The Kier molecular flexibility index (Phi) is 3.32. The lowest BCUT2D eigenvalue weighted by Crippen LogP contribution is -3.12. The first-order chi connectivity index (χ1) is 9.03. The first-order valence-electron chi connectivity index (χ1n) is 6.41. The number of thiazole rings is 1. The number of fused-ring (bicyclic) bond motifs is 1. The molecule has 1 aromatic carbocycles. The minimum absolute atomic E-state index is 0.219. The van der Waals surface area contributed by atoms with Crippen LogP contribution in [-0.2, 0) is 16.4 Å². The zero-order chi connectivity index (χ0) is 13.5. The van der Waals surface area contributed by atoms with Crippen molar-refractivity contribution in [1.82, 2.24) is 4.98 Å². The first kappa shape index (κ1) is 13.0. The van der Waals surface area contributed by atoms with Gasteiger partial charge in [0.1, 0.15) is 23.3 Å². The molecule has 0 saturated carbocycles. The quantitative estimate of drug-likeness (QED) is 0.897. The second-order valence-corrected chi connectivity index (χ2v) is 8.54. The van der Waals surface area contributed by atoms with Crippen LogP contribution in [-0.4, -0.2) is 38.0 Å². The molecule has 1 aromatic heterocycles. The van der Waals surface area contributed by atoms with E-state index >= 15 is 0 Å². The Morgan fingerprint density at radius 1 is 1.42 bits per heavy atom. The zero-order valence-electron chi connectivity index (χ0n) is 10.8. The molecule has 2 atom stereocenters. The lowest BCUT2D eigenvalue weighted by atomic mass is 10.2. The van der Waals surface area contributed by atoms with Gasteiger partial charge in [-0.3, -0.25) is 0 Å². The molecule has 1 N–H and O–H groups in total. The number of hydrogen-bond acceptors (Lipinski definition) is 4. The summed E-state index contributed by atoms with van der Waals surface area (Å²) in [6.07, 6.45) is 0.777. The van der Waals surface area contributed by atoms with Crippen molar-refractivity contribution in [2.45, 2.75) is 19.0 Å². The van der Waals surface area contributed by atoms with E-state index in [4.69, 9.17) is 0 Å². The van der Waals surface area contributed by atoms with E-state index < -0.39 is 9.84 Å². The summed E-state index contributed by atoms with van der Waals surface area (Å²) in [7, 11) is -0.728. The minimum Gasteiger partial charge on any atom is -0.328 e. The van der Waals surface area contributed by atoms with Gasteiger partial charge in [-0.1, -0.05) is 12.1 Å². The Balaban J connectivity index is 1.74. The lowest BCUT2D eigenvalue weighted by Gasteiger charge is -2.18. The summed E-state index contributed by atoms with van der Waals surface area (Å²) < 4.78 is 24.2. The molecule has 3 rings (SSSR count). The van der Waals surface area contributed by atoms with Gasteiger partial charge in [0.05, 0.1) is 23.0 Å². The fourth-order valence-corrected chi connectivity index (χ4v) is 5.50. The summed E-state index contributed by atoms with van der Waals surface area (Å²) in [5.41, 5.74) is 1.04. The number of sulfone groups is 1. The molecule has 0 spiro atoms. The maximum Gasteiger partial charge on any atom is 0.156 e. The fourth-order valence-electron chi connectivity index (χ4n) is 2.56. The van der Waals surface area contributed by atoms with Gasteiger partial charge in [0.15, 0.2) is 9.84 Å². The van der Waals surface area contributed by atoms with Crippen molar-refractivity contribution in [3.8, 4) is 0 Å². The molecule has 2 aromatic rings. The van der Waals surface area contributed by atoms with Gasteiger partial charge in [0, 0.05) is 6.42 Å². The first-order valence-corrected chi connectivity index (χ1v) is 9.04. The fraction of sp³-hybridized carbons (Fsp3) is 0.462. The maximum absolute atomic E-state index is 11.5. The molecule has 0 aliphatic carbocycles. The highest BCUT2D eigenvalue weighted by Gasteiger charge is 2.33. The number of benzene rings is 1. The van der Waals surface area contributed by atoms with Crippen LogP contribution in [0.5, 0.6) is 0 Å². The smallest absolute Gasteiger partial charge is 0.156 e. The Labute approximate surface area is 117 Å². The van der Waals surface area contributed by atoms with Crippen LogP contribution in [0, 0.1) is 0 Å². The van der Waals surface area contributed by atoms with E-state index in [1.807, 2.05) is 18.2 Å². The highest BCUT2D eigenvalue weighted by Crippen LogP contribution is 2.21. The summed E-state index contributed by atoms with van der Waals surface area (Å²) in [5, 5.41) is 1.09. The highest BCUT2D eigenvalue weighted by molar-refractivity contribution is 7.91. The molecule has 1 fully saturated rings. The molecule has 4 nitrogen and oxygen atoms in total. The van der Waals surface area contributed by atoms with Crippen molar-refractivity contribution in [3.63, 3.8) is 0 Å². The molecule has 102 valence electrons. The maximum atomic E-state index is 11.5. The van der Waals surface area contributed by atoms with Crippen LogP contribution in [0.25, 0.3) is 10.2 Å². The molecule has 0 bridgehead atoms. The number of nitrogens with one attached hydrogen (secondary N) is 1. The van der Waals surface area contributed by atoms with Gasteiger partial charge in [0.2, 0.25) is 0 Å². The van der Waals surface area contributed by atoms with Gasteiger partial charge in [-0.05, 0) is 12.1 Å². The third-order valence-electron chi connectivity index (χ3n) is 3.70. The predicted molar refractivity (Wildman–Crippen MR) is 77.3 cm³/mol. The number of nitrogens with zero attached hydrogens (tertiary/aromatic N) is 1. The summed E-state index contributed by atoms with van der Waals surface area (Å²) in [6.45, 7) is 0.805. The number of aromatic nitrogens is 1. The van der Waals surface area contributed by atoms with Crippen molar-refractivity contribution >= 4 is 31.4 Å². The third kappa shape index (κ3) is 2.80. The molecule has 2 heterocycles. The molecule has 6 heteroatoms. The molecular weight excluding hydrogens is 280 g/mol. The highest BCUT2D eigenvalue weighted by atomic mass is 32.2. The van der Waals surface area contributed by atoms with Crippen LogP contribution >= 0.6 is 11.3 Å². The molecule has 0 radical (unpaired) electrons. The van der Waals surface area contributed by atoms with Crippen molar-refractivity contribution in [3.05, 3.63) is 29.3 Å². The van der Waals surface area contributed by atoms with E-state index in [0.717, 1.165) is 23.5 Å². The Bertz CT molecular complexity index is 660. The molecule has 0 amide bonds. The standard InChI is InChI=1S/C13H16N2O2S2/c1-15(10-6-7-19(16,17)9-10)8-13-14-11-4-2-3-5-12(11)18-13/h2-5,10H,6-9H2,1H3/p+1/t10-/m1/s1. The molecule has 19 heavy (non-hydrogen) atoms. The van der Waals surface area contributed by atoms with Crippen LogP contribution in [0.3, 0.4) is 0 Å². The lowest BCUT2D eigenvalue weighted by molar-refractivity contribution is -0.916. The van der Waals surface area contributed by atoms with E-state index in [9.17, 15) is 8.42 Å². The van der Waals surface area contributed by atoms with Gasteiger partial charge >= 0.3 is 0 Å². The van der Waals surface area contributed by atoms with Crippen molar-refractivity contribution in [1.29, 1.82) is 0 Å². The van der Waals surface area contributed by atoms with Gasteiger partial charge in [-0.15, -0.1) is 11.3 Å². The molecule has 1 aliphatic rings. The summed E-state index contributed by atoms with van der Waals surface area (Å²) >= 11 is 1.70. The number of hydrogen-bond donors (Lipinski definition) is 1. The molecule has 1 unspecified atom stereocenters. The van der Waals surface area contributed by atoms with Crippen LogP contribution in [0.2, 0.25) is 0 Å².